The van der Waals surface area contributed by atoms with Crippen LogP contribution in [0.3, 0.4) is 0 Å². The van der Waals surface area contributed by atoms with Crippen molar-refractivity contribution in [3.05, 3.63) is 71.8 Å². The first-order valence-electron chi connectivity index (χ1n) is 8.77. The number of hydrogen-bond donors (Lipinski definition) is 1. The molecule has 2 aromatic rings. The highest BCUT2D eigenvalue weighted by Crippen LogP contribution is 2.34. The van der Waals surface area contributed by atoms with Crippen LogP contribution in [-0.4, -0.2) is 41.9 Å². The van der Waals surface area contributed by atoms with Crippen molar-refractivity contribution in [1.82, 2.24) is 4.90 Å². The van der Waals surface area contributed by atoms with E-state index < -0.39 is 11.4 Å². The minimum Gasteiger partial charge on any atom is -0.446 e. The molecule has 0 amide bonds. The number of aliphatic hydroxyl groups excluding tert-OH is 1. The summed E-state index contributed by atoms with van der Waals surface area (Å²) < 4.78 is 5.79. The van der Waals surface area contributed by atoms with Crippen molar-refractivity contribution in [2.75, 3.05) is 19.7 Å². The summed E-state index contributed by atoms with van der Waals surface area (Å²) >= 11 is 0. The van der Waals surface area contributed by atoms with Crippen LogP contribution in [0.5, 0.6) is 0 Å². The molecule has 0 aliphatic heterocycles. The van der Waals surface area contributed by atoms with E-state index in [2.05, 4.69) is 4.90 Å². The van der Waals surface area contributed by atoms with E-state index in [1.807, 2.05) is 81.4 Å². The highest BCUT2D eigenvalue weighted by atomic mass is 16.6. The number of rotatable bonds is 8. The average molecular weight is 341 g/mol. The molecule has 0 saturated carbocycles. The first-order valence-corrected chi connectivity index (χ1v) is 8.77. The number of esters is 1. The van der Waals surface area contributed by atoms with Gasteiger partial charge in [0, 0.05) is 0 Å². The molecule has 1 N–H and O–H groups in total. The number of ether oxygens (including phenoxy) is 1. The molecule has 25 heavy (non-hydrogen) atoms. The average Bonchev–Trinajstić information content (AvgIpc) is 2.65. The van der Waals surface area contributed by atoms with Gasteiger partial charge in [-0.1, -0.05) is 74.5 Å². The van der Waals surface area contributed by atoms with E-state index in [0.29, 0.717) is 0 Å². The molecule has 0 bridgehead atoms. The van der Waals surface area contributed by atoms with Crippen LogP contribution >= 0.6 is 0 Å². The molecule has 2 aromatic carbocycles. The highest BCUT2D eigenvalue weighted by molar-refractivity contribution is 5.88. The van der Waals surface area contributed by atoms with Gasteiger partial charge in [0.15, 0.2) is 6.23 Å². The van der Waals surface area contributed by atoms with E-state index in [0.717, 1.165) is 24.2 Å². The second kappa shape index (κ2) is 8.79. The van der Waals surface area contributed by atoms with Crippen molar-refractivity contribution < 1.29 is 14.6 Å². The van der Waals surface area contributed by atoms with Gasteiger partial charge < -0.3 is 9.84 Å². The Hall–Kier alpha value is -2.17. The van der Waals surface area contributed by atoms with E-state index in [1.54, 1.807) is 0 Å². The number of benzene rings is 2. The van der Waals surface area contributed by atoms with Crippen LogP contribution in [0.2, 0.25) is 0 Å². The van der Waals surface area contributed by atoms with Crippen molar-refractivity contribution in [3.63, 3.8) is 0 Å². The Bertz CT molecular complexity index is 614. The van der Waals surface area contributed by atoms with Gasteiger partial charge in [-0.15, -0.1) is 0 Å². The van der Waals surface area contributed by atoms with Crippen LogP contribution in [0.4, 0.5) is 0 Å². The molecular weight excluding hydrogens is 314 g/mol. The fourth-order valence-corrected chi connectivity index (χ4v) is 3.16. The lowest BCUT2D eigenvalue weighted by Gasteiger charge is -2.34. The summed E-state index contributed by atoms with van der Waals surface area (Å²) in [5, 5.41) is 10.3. The Labute approximate surface area is 150 Å². The molecule has 0 spiro atoms. The summed E-state index contributed by atoms with van der Waals surface area (Å²) in [7, 11) is 0. The SMILES string of the molecule is CCN(CC)C(C)OC(=O)C(CO)(c1ccccc1)c1ccccc1. The third-order valence-corrected chi connectivity index (χ3v) is 4.72. The van der Waals surface area contributed by atoms with Crippen molar-refractivity contribution in [1.29, 1.82) is 0 Å². The molecule has 0 fully saturated rings. The Morgan fingerprint density at radius 1 is 1.00 bits per heavy atom. The molecule has 1 unspecified atom stereocenters. The lowest BCUT2D eigenvalue weighted by Crippen LogP contribution is -2.46. The van der Waals surface area contributed by atoms with Gasteiger partial charge >= 0.3 is 5.97 Å². The molecule has 134 valence electrons. The van der Waals surface area contributed by atoms with Crippen molar-refractivity contribution in [3.8, 4) is 0 Å². The monoisotopic (exact) mass is 341 g/mol. The molecular formula is C21H27NO3. The van der Waals surface area contributed by atoms with Gasteiger partial charge in [0.1, 0.15) is 5.41 Å². The Kier molecular flexibility index (Phi) is 6.73. The zero-order valence-corrected chi connectivity index (χ0v) is 15.2. The predicted molar refractivity (Wildman–Crippen MR) is 99.2 cm³/mol. The van der Waals surface area contributed by atoms with Crippen molar-refractivity contribution in [2.45, 2.75) is 32.4 Å². The van der Waals surface area contributed by atoms with Gasteiger partial charge in [0.25, 0.3) is 0 Å². The van der Waals surface area contributed by atoms with Crippen LogP contribution in [0.1, 0.15) is 31.9 Å². The third-order valence-electron chi connectivity index (χ3n) is 4.72. The fraction of sp³-hybridized carbons (Fsp3) is 0.381. The molecule has 0 aliphatic rings. The molecule has 4 nitrogen and oxygen atoms in total. The molecule has 0 radical (unpaired) electrons. The largest absolute Gasteiger partial charge is 0.446 e. The van der Waals surface area contributed by atoms with E-state index >= 15 is 0 Å². The Morgan fingerprint density at radius 3 is 1.80 bits per heavy atom. The summed E-state index contributed by atoms with van der Waals surface area (Å²) in [6.45, 7) is 7.14. The normalized spacial score (nSPS) is 12.8. The summed E-state index contributed by atoms with van der Waals surface area (Å²) in [5.74, 6) is -0.438. The molecule has 0 saturated heterocycles. The summed E-state index contributed by atoms with van der Waals surface area (Å²) in [5.41, 5.74) is 0.213. The number of hydrogen-bond acceptors (Lipinski definition) is 4. The second-order valence-electron chi connectivity index (χ2n) is 6.02. The van der Waals surface area contributed by atoms with Gasteiger partial charge in [-0.25, -0.2) is 0 Å². The maximum absolute atomic E-state index is 13.2. The maximum atomic E-state index is 13.2. The first-order chi connectivity index (χ1) is 12.1. The molecule has 0 aliphatic carbocycles. The number of carbonyl (C=O) groups is 1. The minimum absolute atomic E-state index is 0.356. The van der Waals surface area contributed by atoms with E-state index in [9.17, 15) is 9.90 Å². The van der Waals surface area contributed by atoms with Gasteiger partial charge in [0.2, 0.25) is 0 Å². The van der Waals surface area contributed by atoms with Crippen LogP contribution in [-0.2, 0) is 14.9 Å². The highest BCUT2D eigenvalue weighted by Gasteiger charge is 2.44. The topological polar surface area (TPSA) is 49.8 Å². The molecule has 2 rings (SSSR count). The fourth-order valence-electron chi connectivity index (χ4n) is 3.16. The van der Waals surface area contributed by atoms with Crippen molar-refractivity contribution >= 4 is 5.97 Å². The number of nitrogens with zero attached hydrogens (tertiary/aromatic N) is 1. The quantitative estimate of drug-likeness (QED) is 0.592. The van der Waals surface area contributed by atoms with Crippen LogP contribution < -0.4 is 0 Å². The first kappa shape index (κ1) is 19.2. The molecule has 4 heteroatoms. The minimum atomic E-state index is -1.23. The lowest BCUT2D eigenvalue weighted by atomic mass is 9.75. The van der Waals surface area contributed by atoms with Crippen molar-refractivity contribution in [2.24, 2.45) is 0 Å². The summed E-state index contributed by atoms with van der Waals surface area (Å²) in [6.07, 6.45) is -0.360. The Balaban J connectivity index is 2.46. The third kappa shape index (κ3) is 3.91. The smallest absolute Gasteiger partial charge is 0.325 e. The summed E-state index contributed by atoms with van der Waals surface area (Å²) in [4.78, 5) is 15.3. The van der Waals surface area contributed by atoms with Crippen LogP contribution in [0, 0.1) is 0 Å². The van der Waals surface area contributed by atoms with Gasteiger partial charge in [-0.3, -0.25) is 9.69 Å². The standard InChI is InChI=1S/C21H27NO3/c1-4-22(5-2)17(3)25-20(24)21(16-23,18-12-8-6-9-13-18)19-14-10-7-11-15-19/h6-15,17,23H,4-5,16H2,1-3H3. The van der Waals surface area contributed by atoms with Gasteiger partial charge in [-0.2, -0.15) is 0 Å². The number of carbonyl (C=O) groups excluding carboxylic acids is 1. The molecule has 0 aromatic heterocycles. The Morgan fingerprint density at radius 2 is 1.44 bits per heavy atom. The molecule has 0 heterocycles. The zero-order chi connectivity index (χ0) is 18.3. The summed E-state index contributed by atoms with van der Waals surface area (Å²) in [6, 6.07) is 18.7. The van der Waals surface area contributed by atoms with Crippen LogP contribution in [0.15, 0.2) is 60.7 Å². The second-order valence-corrected chi connectivity index (χ2v) is 6.02. The van der Waals surface area contributed by atoms with Gasteiger partial charge in [0.05, 0.1) is 6.61 Å². The predicted octanol–water partition coefficient (Wildman–Crippen LogP) is 3.20. The van der Waals surface area contributed by atoms with Crippen LogP contribution in [0.25, 0.3) is 0 Å². The van der Waals surface area contributed by atoms with E-state index in [4.69, 9.17) is 4.74 Å². The lowest BCUT2D eigenvalue weighted by molar-refractivity contribution is -0.164. The van der Waals surface area contributed by atoms with E-state index in [-0.39, 0.29) is 12.8 Å². The zero-order valence-electron chi connectivity index (χ0n) is 15.2. The maximum Gasteiger partial charge on any atom is 0.325 e. The van der Waals surface area contributed by atoms with Gasteiger partial charge in [-0.05, 0) is 31.1 Å². The van der Waals surface area contributed by atoms with E-state index in [1.165, 1.54) is 0 Å². The molecule has 1 atom stereocenters. The number of aliphatic hydroxyl groups is 1.